The van der Waals surface area contributed by atoms with Crippen LogP contribution in [0, 0.1) is 5.92 Å². The molecule has 0 aromatic heterocycles. The van der Waals surface area contributed by atoms with Gasteiger partial charge in [-0.05, 0) is 25.2 Å². The Hall–Kier alpha value is -0.260. The van der Waals surface area contributed by atoms with Crippen molar-refractivity contribution in [3.8, 4) is 0 Å². The number of unbranched alkanes of at least 4 members (excludes halogenated alkanes) is 11. The average Bonchev–Trinajstić information content (AvgIpc) is 2.51. The van der Waals surface area contributed by atoms with Crippen LogP contribution >= 0.6 is 0 Å². The van der Waals surface area contributed by atoms with Crippen LogP contribution in [0.3, 0.4) is 0 Å². The normalized spacial score (nSPS) is 13.1. The van der Waals surface area contributed by atoms with Crippen molar-refractivity contribution in [1.29, 1.82) is 0 Å². The molecular formula is C21H42. The minimum Gasteiger partial charge on any atom is -0.0883 e. The predicted octanol–water partition coefficient (Wildman–Crippen LogP) is 8.07. The molecule has 0 aromatic carbocycles. The molecule has 0 saturated heterocycles. The second-order valence-corrected chi connectivity index (χ2v) is 6.71. The summed E-state index contributed by atoms with van der Waals surface area (Å²) in [6, 6.07) is 0. The maximum absolute atomic E-state index is 2.49. The fourth-order valence-corrected chi connectivity index (χ4v) is 2.94. The third-order valence-electron chi connectivity index (χ3n) is 4.59. The van der Waals surface area contributed by atoms with Crippen LogP contribution < -0.4 is 0 Å². The number of hydrogen-bond acceptors (Lipinski definition) is 0. The number of allylic oxidation sites excluding steroid dienone is 2. The van der Waals surface area contributed by atoms with Crippen molar-refractivity contribution < 1.29 is 0 Å². The van der Waals surface area contributed by atoms with Crippen LogP contribution in [0.2, 0.25) is 0 Å². The molecule has 0 radical (unpaired) electrons. The first-order valence-electron chi connectivity index (χ1n) is 10.0. The third kappa shape index (κ3) is 15.9. The first-order chi connectivity index (χ1) is 10.3. The van der Waals surface area contributed by atoms with Gasteiger partial charge in [0.15, 0.2) is 0 Å². The summed E-state index contributed by atoms with van der Waals surface area (Å²) in [5, 5.41) is 0. The minimum absolute atomic E-state index is 0.843. The van der Waals surface area contributed by atoms with Gasteiger partial charge in [-0.3, -0.25) is 0 Å². The van der Waals surface area contributed by atoms with E-state index in [0.29, 0.717) is 0 Å². The highest BCUT2D eigenvalue weighted by molar-refractivity contribution is 4.87. The molecule has 0 fully saturated rings. The Balaban J connectivity index is 3.33. The third-order valence-corrected chi connectivity index (χ3v) is 4.59. The Bertz CT molecular complexity index is 204. The minimum atomic E-state index is 0.843. The van der Waals surface area contributed by atoms with Crippen molar-refractivity contribution in [2.45, 2.75) is 117 Å². The zero-order valence-corrected chi connectivity index (χ0v) is 15.3. The van der Waals surface area contributed by atoms with Crippen LogP contribution in [0.15, 0.2) is 12.2 Å². The van der Waals surface area contributed by atoms with E-state index in [2.05, 4.69) is 32.9 Å². The molecule has 0 aliphatic rings. The standard InChI is InChI=1S/C21H42/c1-4-7-9-11-12-13-14-15-16-18-20-21(6-3)19-17-10-8-5-2/h17,19,21H,4-16,18,20H2,1-3H3. The van der Waals surface area contributed by atoms with Gasteiger partial charge in [0.1, 0.15) is 0 Å². The largest absolute Gasteiger partial charge is 0.0883 e. The van der Waals surface area contributed by atoms with Gasteiger partial charge >= 0.3 is 0 Å². The summed E-state index contributed by atoms with van der Waals surface area (Å²) in [5.74, 6) is 0.843. The van der Waals surface area contributed by atoms with E-state index in [9.17, 15) is 0 Å². The topological polar surface area (TPSA) is 0 Å². The van der Waals surface area contributed by atoms with Crippen molar-refractivity contribution >= 4 is 0 Å². The van der Waals surface area contributed by atoms with Crippen molar-refractivity contribution in [1.82, 2.24) is 0 Å². The van der Waals surface area contributed by atoms with E-state index in [1.165, 1.54) is 96.3 Å². The molecule has 0 heteroatoms. The Morgan fingerprint density at radius 1 is 0.619 bits per heavy atom. The molecule has 126 valence electrons. The maximum Gasteiger partial charge on any atom is -0.0236 e. The van der Waals surface area contributed by atoms with E-state index >= 15 is 0 Å². The van der Waals surface area contributed by atoms with Crippen LogP contribution in [-0.2, 0) is 0 Å². The van der Waals surface area contributed by atoms with Crippen LogP contribution in [-0.4, -0.2) is 0 Å². The SMILES string of the molecule is CCCCC=CC(CC)CCCCCCCCCCCC. The molecular weight excluding hydrogens is 252 g/mol. The molecule has 0 rings (SSSR count). The van der Waals surface area contributed by atoms with E-state index in [-0.39, 0.29) is 0 Å². The number of rotatable bonds is 16. The summed E-state index contributed by atoms with van der Waals surface area (Å²) < 4.78 is 0. The molecule has 0 aliphatic carbocycles. The lowest BCUT2D eigenvalue weighted by atomic mass is 9.97. The fourth-order valence-electron chi connectivity index (χ4n) is 2.94. The molecule has 0 N–H and O–H groups in total. The molecule has 0 saturated carbocycles. The molecule has 0 aromatic rings. The smallest absolute Gasteiger partial charge is 0.0236 e. The van der Waals surface area contributed by atoms with Crippen molar-refractivity contribution in [3.63, 3.8) is 0 Å². The monoisotopic (exact) mass is 294 g/mol. The highest BCUT2D eigenvalue weighted by atomic mass is 14.1. The summed E-state index contributed by atoms with van der Waals surface area (Å²) in [4.78, 5) is 0. The highest BCUT2D eigenvalue weighted by Crippen LogP contribution is 2.17. The second-order valence-electron chi connectivity index (χ2n) is 6.71. The molecule has 1 atom stereocenters. The van der Waals surface area contributed by atoms with Crippen LogP contribution in [0.5, 0.6) is 0 Å². The van der Waals surface area contributed by atoms with Gasteiger partial charge in [0.05, 0.1) is 0 Å². The van der Waals surface area contributed by atoms with E-state index in [1.54, 1.807) is 0 Å². The van der Waals surface area contributed by atoms with E-state index in [4.69, 9.17) is 0 Å². The zero-order chi connectivity index (χ0) is 15.6. The summed E-state index contributed by atoms with van der Waals surface area (Å²) >= 11 is 0. The lowest BCUT2D eigenvalue weighted by Gasteiger charge is -2.09. The van der Waals surface area contributed by atoms with Gasteiger partial charge in [0.25, 0.3) is 0 Å². The number of hydrogen-bond donors (Lipinski definition) is 0. The Kier molecular flexibility index (Phi) is 17.6. The lowest BCUT2D eigenvalue weighted by Crippen LogP contribution is -1.94. The van der Waals surface area contributed by atoms with Gasteiger partial charge in [-0.15, -0.1) is 0 Å². The van der Waals surface area contributed by atoms with Gasteiger partial charge in [-0.1, -0.05) is 110 Å². The lowest BCUT2D eigenvalue weighted by molar-refractivity contribution is 0.501. The van der Waals surface area contributed by atoms with Crippen molar-refractivity contribution in [2.75, 3.05) is 0 Å². The van der Waals surface area contributed by atoms with E-state index in [0.717, 1.165) is 5.92 Å². The first-order valence-corrected chi connectivity index (χ1v) is 10.0. The Labute approximate surface area is 135 Å². The summed E-state index contributed by atoms with van der Waals surface area (Å²) in [5.41, 5.74) is 0. The highest BCUT2D eigenvalue weighted by Gasteiger charge is 2.01. The van der Waals surface area contributed by atoms with E-state index in [1.807, 2.05) is 0 Å². The van der Waals surface area contributed by atoms with Crippen LogP contribution in [0.1, 0.15) is 117 Å². The molecule has 0 heterocycles. The van der Waals surface area contributed by atoms with Gasteiger partial charge < -0.3 is 0 Å². The molecule has 0 bridgehead atoms. The molecule has 0 aliphatic heterocycles. The molecule has 0 nitrogen and oxygen atoms in total. The molecule has 21 heavy (non-hydrogen) atoms. The quantitative estimate of drug-likeness (QED) is 0.199. The van der Waals surface area contributed by atoms with E-state index < -0.39 is 0 Å². The molecule has 0 amide bonds. The summed E-state index contributed by atoms with van der Waals surface area (Å²) in [6.07, 6.45) is 26.1. The zero-order valence-electron chi connectivity index (χ0n) is 15.3. The van der Waals surface area contributed by atoms with Crippen LogP contribution in [0.4, 0.5) is 0 Å². The van der Waals surface area contributed by atoms with Gasteiger partial charge in [-0.2, -0.15) is 0 Å². The Morgan fingerprint density at radius 2 is 1.14 bits per heavy atom. The van der Waals surface area contributed by atoms with Gasteiger partial charge in [0, 0.05) is 0 Å². The maximum atomic E-state index is 2.49. The van der Waals surface area contributed by atoms with Crippen LogP contribution in [0.25, 0.3) is 0 Å². The fraction of sp³-hybridized carbons (Fsp3) is 0.905. The predicted molar refractivity (Wildman–Crippen MR) is 98.9 cm³/mol. The summed E-state index contributed by atoms with van der Waals surface area (Å²) in [6.45, 7) is 6.91. The molecule has 1 unspecified atom stereocenters. The molecule has 0 spiro atoms. The van der Waals surface area contributed by atoms with Gasteiger partial charge in [0.2, 0.25) is 0 Å². The van der Waals surface area contributed by atoms with Gasteiger partial charge in [-0.25, -0.2) is 0 Å². The average molecular weight is 295 g/mol. The Morgan fingerprint density at radius 3 is 1.67 bits per heavy atom. The summed E-state index contributed by atoms with van der Waals surface area (Å²) in [7, 11) is 0. The van der Waals surface area contributed by atoms with Crippen molar-refractivity contribution in [3.05, 3.63) is 12.2 Å². The van der Waals surface area contributed by atoms with Crippen molar-refractivity contribution in [2.24, 2.45) is 5.92 Å². The first kappa shape index (κ1) is 20.7. The second kappa shape index (κ2) is 17.8.